The second-order valence-corrected chi connectivity index (χ2v) is 9.00. The fraction of sp³-hybridized carbons (Fsp3) is 0.636. The Hall–Kier alpha value is -2.26. The quantitative estimate of drug-likeness (QED) is 0.695. The molecule has 2 saturated heterocycles. The molecule has 3 heterocycles. The maximum absolute atomic E-state index is 14.1. The molecule has 0 radical (unpaired) electrons. The van der Waals surface area contributed by atoms with Crippen LogP contribution >= 0.6 is 0 Å². The van der Waals surface area contributed by atoms with Crippen LogP contribution in [0.15, 0.2) is 33.5 Å². The first-order valence-corrected chi connectivity index (χ1v) is 10.9. The summed E-state index contributed by atoms with van der Waals surface area (Å²) < 4.78 is 34.8. The molecule has 1 amide bonds. The molecule has 2 fully saturated rings. The van der Waals surface area contributed by atoms with Crippen molar-refractivity contribution >= 4 is 17.0 Å². The third-order valence-electron chi connectivity index (χ3n) is 6.40. The smallest absolute Gasteiger partial charge is 0.408 e. The number of hydrogen-bond acceptors (Lipinski definition) is 5. The van der Waals surface area contributed by atoms with E-state index in [2.05, 4.69) is 0 Å². The van der Waals surface area contributed by atoms with E-state index in [1.807, 2.05) is 30.0 Å². The van der Waals surface area contributed by atoms with Crippen LogP contribution < -0.4 is 5.76 Å². The number of carbonyl (C=O) groups is 1. The Labute approximate surface area is 180 Å². The zero-order chi connectivity index (χ0) is 22.2. The number of aromatic nitrogens is 1. The van der Waals surface area contributed by atoms with Crippen LogP contribution in [0.3, 0.4) is 0 Å². The zero-order valence-corrected chi connectivity index (χ0v) is 18.1. The molecule has 0 N–H and O–H groups in total. The van der Waals surface area contributed by atoms with E-state index in [1.165, 1.54) is 4.57 Å². The molecule has 4 rings (SSSR count). The highest BCUT2D eigenvalue weighted by Crippen LogP contribution is 2.35. The summed E-state index contributed by atoms with van der Waals surface area (Å²) in [7, 11) is 3.81. The van der Waals surface area contributed by atoms with Crippen LogP contribution in [-0.4, -0.2) is 83.5 Å². The van der Waals surface area contributed by atoms with Crippen LogP contribution in [0.5, 0.6) is 0 Å². The van der Waals surface area contributed by atoms with Gasteiger partial charge in [-0.1, -0.05) is 12.1 Å². The molecule has 2 aromatic rings. The average molecular weight is 437 g/mol. The number of hydrogen-bond donors (Lipinski definition) is 0. The van der Waals surface area contributed by atoms with Gasteiger partial charge in [0.1, 0.15) is 0 Å². The number of oxazole rings is 1. The minimum absolute atomic E-state index is 0.0211. The van der Waals surface area contributed by atoms with Crippen LogP contribution in [0.2, 0.25) is 0 Å². The third kappa shape index (κ3) is 4.82. The molecule has 0 unspecified atom stereocenters. The summed E-state index contributed by atoms with van der Waals surface area (Å²) in [6.45, 7) is 1.79. The van der Waals surface area contributed by atoms with Crippen LogP contribution in [0.4, 0.5) is 8.78 Å². The molecule has 7 nitrogen and oxygen atoms in total. The van der Waals surface area contributed by atoms with Crippen molar-refractivity contribution < 1.29 is 18.0 Å². The Morgan fingerprint density at radius 1 is 1.23 bits per heavy atom. The first-order valence-electron chi connectivity index (χ1n) is 10.9. The zero-order valence-electron chi connectivity index (χ0n) is 18.1. The normalized spacial score (nSPS) is 22.6. The maximum Gasteiger partial charge on any atom is 0.419 e. The van der Waals surface area contributed by atoms with Crippen molar-refractivity contribution in [2.24, 2.45) is 0 Å². The molecule has 2 aliphatic heterocycles. The number of amides is 1. The summed E-state index contributed by atoms with van der Waals surface area (Å²) in [4.78, 5) is 30.5. The first kappa shape index (κ1) is 22.0. The number of likely N-dealkylation sites (N-methyl/N-ethyl adjacent to an activating group) is 1. The summed E-state index contributed by atoms with van der Waals surface area (Å²) in [6.07, 6.45) is 1.50. The van der Waals surface area contributed by atoms with Crippen molar-refractivity contribution in [2.75, 3.05) is 40.3 Å². The van der Waals surface area contributed by atoms with Crippen LogP contribution in [0.25, 0.3) is 11.1 Å². The highest BCUT2D eigenvalue weighted by Gasteiger charge is 2.47. The van der Waals surface area contributed by atoms with E-state index in [0.29, 0.717) is 43.6 Å². The van der Waals surface area contributed by atoms with Gasteiger partial charge in [-0.2, -0.15) is 0 Å². The van der Waals surface area contributed by atoms with Gasteiger partial charge in [0.15, 0.2) is 5.58 Å². The number of piperidine rings is 1. The molecule has 1 aromatic heterocycles. The average Bonchev–Trinajstić information content (AvgIpc) is 3.20. The van der Waals surface area contributed by atoms with Crippen LogP contribution in [-0.2, 0) is 11.3 Å². The van der Waals surface area contributed by atoms with Crippen molar-refractivity contribution in [1.82, 2.24) is 19.3 Å². The summed E-state index contributed by atoms with van der Waals surface area (Å²) in [5, 5.41) is 0. The highest BCUT2D eigenvalue weighted by molar-refractivity contribution is 5.77. The second kappa shape index (κ2) is 8.70. The minimum atomic E-state index is -2.64. The van der Waals surface area contributed by atoms with Crippen molar-refractivity contribution in [3.8, 4) is 0 Å². The van der Waals surface area contributed by atoms with Crippen molar-refractivity contribution in [1.29, 1.82) is 0 Å². The second-order valence-electron chi connectivity index (χ2n) is 9.00. The van der Waals surface area contributed by atoms with E-state index < -0.39 is 11.7 Å². The number of para-hydroxylation sites is 2. The maximum atomic E-state index is 14.1. The number of rotatable bonds is 6. The molecule has 31 heavy (non-hydrogen) atoms. The molecule has 0 bridgehead atoms. The first-order chi connectivity index (χ1) is 14.7. The Morgan fingerprint density at radius 2 is 1.94 bits per heavy atom. The van der Waals surface area contributed by atoms with Crippen LogP contribution in [0.1, 0.15) is 25.7 Å². The lowest BCUT2D eigenvalue weighted by molar-refractivity contribution is -0.133. The van der Waals surface area contributed by atoms with Gasteiger partial charge in [0.05, 0.1) is 12.1 Å². The van der Waals surface area contributed by atoms with Crippen molar-refractivity contribution in [2.45, 2.75) is 50.2 Å². The van der Waals surface area contributed by atoms with E-state index in [-0.39, 0.29) is 43.9 Å². The SMILES string of the molecule is CN(C)C[C@@H]1CC(F)(F)CN1C1CCN(C(=O)CCn2c(=O)oc3ccccc32)CC1. The summed E-state index contributed by atoms with van der Waals surface area (Å²) in [6, 6.07) is 7.06. The number of benzene rings is 1. The topological polar surface area (TPSA) is 61.9 Å². The Balaban J connectivity index is 1.32. The Morgan fingerprint density at radius 3 is 2.65 bits per heavy atom. The predicted octanol–water partition coefficient (Wildman–Crippen LogP) is 2.25. The molecule has 170 valence electrons. The Kier molecular flexibility index (Phi) is 6.16. The van der Waals surface area contributed by atoms with Gasteiger partial charge in [0.25, 0.3) is 5.92 Å². The van der Waals surface area contributed by atoms with E-state index in [0.717, 1.165) is 0 Å². The molecule has 0 aliphatic carbocycles. The summed E-state index contributed by atoms with van der Waals surface area (Å²) >= 11 is 0. The molecule has 0 saturated carbocycles. The van der Waals surface area contributed by atoms with Gasteiger partial charge < -0.3 is 14.2 Å². The lowest BCUT2D eigenvalue weighted by Gasteiger charge is -2.39. The predicted molar refractivity (Wildman–Crippen MR) is 113 cm³/mol. The number of carbonyl (C=O) groups excluding carboxylic acids is 1. The molecular formula is C22H30F2N4O3. The monoisotopic (exact) mass is 436 g/mol. The lowest BCUT2D eigenvalue weighted by Crippen LogP contribution is -2.50. The number of likely N-dealkylation sites (tertiary alicyclic amines) is 2. The van der Waals surface area contributed by atoms with E-state index in [1.54, 1.807) is 23.1 Å². The molecule has 0 spiro atoms. The van der Waals surface area contributed by atoms with Gasteiger partial charge >= 0.3 is 5.76 Å². The largest absolute Gasteiger partial charge is 0.419 e. The summed E-state index contributed by atoms with van der Waals surface area (Å²) in [5.41, 5.74) is 1.19. The number of fused-ring (bicyclic) bond motifs is 1. The Bertz CT molecular complexity index is 979. The highest BCUT2D eigenvalue weighted by atomic mass is 19.3. The molecular weight excluding hydrogens is 406 g/mol. The van der Waals surface area contributed by atoms with E-state index in [4.69, 9.17) is 4.42 Å². The number of alkyl halides is 2. The van der Waals surface area contributed by atoms with Gasteiger partial charge in [-0.25, -0.2) is 13.6 Å². The molecule has 1 aromatic carbocycles. The van der Waals surface area contributed by atoms with Gasteiger partial charge in [0, 0.05) is 51.1 Å². The third-order valence-corrected chi connectivity index (χ3v) is 6.40. The van der Waals surface area contributed by atoms with Gasteiger partial charge in [-0.05, 0) is 39.1 Å². The van der Waals surface area contributed by atoms with Crippen LogP contribution in [0, 0.1) is 0 Å². The molecule has 2 aliphatic rings. The number of nitrogens with zero attached hydrogens (tertiary/aromatic N) is 4. The lowest BCUT2D eigenvalue weighted by atomic mass is 10.0. The van der Waals surface area contributed by atoms with Gasteiger partial charge in [0.2, 0.25) is 5.91 Å². The fourth-order valence-electron chi connectivity index (χ4n) is 4.98. The van der Waals surface area contributed by atoms with Crippen molar-refractivity contribution in [3.05, 3.63) is 34.8 Å². The number of aryl methyl sites for hydroxylation is 1. The summed E-state index contributed by atoms with van der Waals surface area (Å²) in [5.74, 6) is -3.13. The molecule has 1 atom stereocenters. The van der Waals surface area contributed by atoms with Crippen molar-refractivity contribution in [3.63, 3.8) is 0 Å². The van der Waals surface area contributed by atoms with Gasteiger partial charge in [-0.3, -0.25) is 14.3 Å². The van der Waals surface area contributed by atoms with E-state index >= 15 is 0 Å². The molecule has 9 heteroatoms. The van der Waals surface area contributed by atoms with Gasteiger partial charge in [-0.15, -0.1) is 0 Å². The minimum Gasteiger partial charge on any atom is -0.408 e. The fourth-order valence-corrected chi connectivity index (χ4v) is 4.98. The van der Waals surface area contributed by atoms with E-state index in [9.17, 15) is 18.4 Å². The number of halogens is 2. The standard InChI is InChI=1S/C22H30F2N4O3/c1-25(2)14-17-13-22(23,24)15-28(17)16-7-10-26(11-8-16)20(29)9-12-27-18-5-3-4-6-19(18)31-21(27)30/h3-6,16-17H,7-15H2,1-2H3/t17-/m0/s1.